The summed E-state index contributed by atoms with van der Waals surface area (Å²) in [7, 11) is -3.81. The Morgan fingerprint density at radius 1 is 0.964 bits per heavy atom. The van der Waals surface area contributed by atoms with E-state index in [1.54, 1.807) is 6.07 Å². The smallest absolute Gasteiger partial charge is 0.264 e. The van der Waals surface area contributed by atoms with Gasteiger partial charge in [0.2, 0.25) is 11.9 Å². The third-order valence-electron chi connectivity index (χ3n) is 3.65. The Kier molecular flexibility index (Phi) is 6.27. The molecule has 0 aliphatic heterocycles. The first kappa shape index (κ1) is 19.8. The minimum Gasteiger partial charge on any atom is -0.325 e. The van der Waals surface area contributed by atoms with E-state index >= 15 is 0 Å². The van der Waals surface area contributed by atoms with E-state index in [0.29, 0.717) is 5.69 Å². The van der Waals surface area contributed by atoms with Crippen molar-refractivity contribution in [2.75, 3.05) is 10.0 Å². The largest absolute Gasteiger partial charge is 0.325 e. The van der Waals surface area contributed by atoms with Gasteiger partial charge in [-0.2, -0.15) is 0 Å². The first-order valence-corrected chi connectivity index (χ1v) is 10.7. The van der Waals surface area contributed by atoms with Crippen LogP contribution in [0.15, 0.2) is 82.8 Å². The average molecular weight is 415 g/mol. The Labute approximate surface area is 167 Å². The van der Waals surface area contributed by atoms with Crippen LogP contribution in [0.2, 0.25) is 0 Å². The lowest BCUT2D eigenvalue weighted by Gasteiger charge is -2.12. The molecule has 1 atom stereocenters. The van der Waals surface area contributed by atoms with E-state index < -0.39 is 10.0 Å². The molecule has 0 fully saturated rings. The quantitative estimate of drug-likeness (QED) is 0.575. The highest BCUT2D eigenvalue weighted by Gasteiger charge is 2.17. The summed E-state index contributed by atoms with van der Waals surface area (Å²) in [5, 5.41) is 2.49. The van der Waals surface area contributed by atoms with Gasteiger partial charge in [-0.15, -0.1) is 11.8 Å². The number of hydrogen-bond acceptors (Lipinski definition) is 6. The first-order valence-electron chi connectivity index (χ1n) is 8.36. The van der Waals surface area contributed by atoms with Crippen molar-refractivity contribution in [1.82, 2.24) is 9.97 Å². The van der Waals surface area contributed by atoms with Crippen LogP contribution in [0, 0.1) is 0 Å². The van der Waals surface area contributed by atoms with Gasteiger partial charge in [0.1, 0.15) is 0 Å². The van der Waals surface area contributed by atoms with Crippen LogP contribution in [-0.2, 0) is 14.8 Å². The Morgan fingerprint density at radius 3 is 2.25 bits per heavy atom. The molecule has 0 aliphatic rings. The van der Waals surface area contributed by atoms with Crippen LogP contribution in [-0.4, -0.2) is 29.5 Å². The molecule has 144 valence electrons. The number of amides is 1. The summed E-state index contributed by atoms with van der Waals surface area (Å²) in [5.74, 6) is -0.174. The van der Waals surface area contributed by atoms with E-state index in [0.717, 1.165) is 4.90 Å². The molecular formula is C19H18N4O3S2. The second kappa shape index (κ2) is 8.85. The summed E-state index contributed by atoms with van der Waals surface area (Å²) in [5.41, 5.74) is 0.514. The molecule has 0 radical (unpaired) electrons. The summed E-state index contributed by atoms with van der Waals surface area (Å²) >= 11 is 1.45. The number of rotatable bonds is 7. The SMILES string of the molecule is C[C@H](Sc1ccccc1)C(=O)Nc1ccc(S(=O)(=O)Nc2ncccn2)cc1. The van der Waals surface area contributed by atoms with Crippen LogP contribution < -0.4 is 10.0 Å². The lowest BCUT2D eigenvalue weighted by molar-refractivity contribution is -0.115. The van der Waals surface area contributed by atoms with Crippen molar-refractivity contribution in [3.8, 4) is 0 Å². The number of nitrogens with zero attached hydrogens (tertiary/aromatic N) is 2. The van der Waals surface area contributed by atoms with Gasteiger partial charge in [0.15, 0.2) is 0 Å². The third-order valence-corrected chi connectivity index (χ3v) is 6.10. The fraction of sp³-hybridized carbons (Fsp3) is 0.105. The number of nitrogens with one attached hydrogen (secondary N) is 2. The van der Waals surface area contributed by atoms with E-state index in [2.05, 4.69) is 20.0 Å². The maximum atomic E-state index is 12.4. The predicted molar refractivity (Wildman–Crippen MR) is 110 cm³/mol. The first-order chi connectivity index (χ1) is 13.4. The van der Waals surface area contributed by atoms with Gasteiger partial charge in [0.25, 0.3) is 10.0 Å². The molecule has 1 aromatic heterocycles. The summed E-state index contributed by atoms with van der Waals surface area (Å²) in [6.45, 7) is 1.82. The summed E-state index contributed by atoms with van der Waals surface area (Å²) in [4.78, 5) is 21.1. The van der Waals surface area contributed by atoms with Crippen molar-refractivity contribution in [3.05, 3.63) is 73.1 Å². The fourth-order valence-electron chi connectivity index (χ4n) is 2.25. The number of carbonyl (C=O) groups is 1. The fourth-order valence-corrected chi connectivity index (χ4v) is 4.10. The molecule has 2 aromatic carbocycles. The predicted octanol–water partition coefficient (Wildman–Crippen LogP) is 3.40. The Morgan fingerprint density at radius 2 is 1.61 bits per heavy atom. The van der Waals surface area contributed by atoms with Crippen molar-refractivity contribution in [3.63, 3.8) is 0 Å². The van der Waals surface area contributed by atoms with Crippen LogP contribution >= 0.6 is 11.8 Å². The zero-order chi connectivity index (χ0) is 20.0. The van der Waals surface area contributed by atoms with Crippen LogP contribution in [0.4, 0.5) is 11.6 Å². The molecule has 7 nitrogen and oxygen atoms in total. The molecule has 0 saturated heterocycles. The van der Waals surface area contributed by atoms with Crippen molar-refractivity contribution >= 4 is 39.3 Å². The second-order valence-electron chi connectivity index (χ2n) is 5.76. The molecule has 28 heavy (non-hydrogen) atoms. The van der Waals surface area contributed by atoms with Crippen LogP contribution in [0.3, 0.4) is 0 Å². The normalized spacial score (nSPS) is 12.2. The highest BCUT2D eigenvalue weighted by molar-refractivity contribution is 8.00. The van der Waals surface area contributed by atoms with Crippen LogP contribution in [0.1, 0.15) is 6.92 Å². The molecule has 0 bridgehead atoms. The van der Waals surface area contributed by atoms with Gasteiger partial charge in [0.05, 0.1) is 10.1 Å². The maximum absolute atomic E-state index is 12.4. The van der Waals surface area contributed by atoms with Gasteiger partial charge in [-0.05, 0) is 49.4 Å². The number of sulfonamides is 1. The highest BCUT2D eigenvalue weighted by atomic mass is 32.2. The monoisotopic (exact) mass is 414 g/mol. The molecule has 0 spiro atoms. The van der Waals surface area contributed by atoms with E-state index in [1.165, 1.54) is 48.4 Å². The van der Waals surface area contributed by atoms with Crippen LogP contribution in [0.5, 0.6) is 0 Å². The Hall–Kier alpha value is -2.91. The maximum Gasteiger partial charge on any atom is 0.264 e. The molecule has 9 heteroatoms. The molecule has 3 aromatic rings. The van der Waals surface area contributed by atoms with Crippen molar-refractivity contribution in [2.24, 2.45) is 0 Å². The van der Waals surface area contributed by atoms with Gasteiger partial charge in [-0.1, -0.05) is 18.2 Å². The molecule has 1 amide bonds. The molecule has 3 rings (SSSR count). The van der Waals surface area contributed by atoms with Gasteiger partial charge in [-0.25, -0.2) is 23.1 Å². The number of benzene rings is 2. The zero-order valence-corrected chi connectivity index (χ0v) is 16.6. The summed E-state index contributed by atoms with van der Waals surface area (Å²) in [6, 6.07) is 17.1. The van der Waals surface area contributed by atoms with E-state index in [1.807, 2.05) is 37.3 Å². The highest BCUT2D eigenvalue weighted by Crippen LogP contribution is 2.24. The standard InChI is InChI=1S/C19H18N4O3S2/c1-14(27-16-6-3-2-4-7-16)18(24)22-15-8-10-17(11-9-15)28(25,26)23-19-20-12-5-13-21-19/h2-14H,1H3,(H,22,24)(H,20,21,23)/t14-/m0/s1. The van der Waals surface area contributed by atoms with Gasteiger partial charge >= 0.3 is 0 Å². The van der Waals surface area contributed by atoms with Crippen molar-refractivity contribution < 1.29 is 13.2 Å². The topological polar surface area (TPSA) is 101 Å². The number of anilines is 2. The average Bonchev–Trinajstić information content (AvgIpc) is 2.69. The van der Waals surface area contributed by atoms with E-state index in [4.69, 9.17) is 0 Å². The zero-order valence-electron chi connectivity index (χ0n) is 14.9. The minimum atomic E-state index is -3.81. The third kappa shape index (κ3) is 5.30. The van der Waals surface area contributed by atoms with Gasteiger partial charge < -0.3 is 5.32 Å². The number of thioether (sulfide) groups is 1. The molecule has 2 N–H and O–H groups in total. The second-order valence-corrected chi connectivity index (χ2v) is 8.86. The lowest BCUT2D eigenvalue weighted by Crippen LogP contribution is -2.22. The Bertz CT molecular complexity index is 1030. The minimum absolute atomic E-state index is 0.00774. The van der Waals surface area contributed by atoms with E-state index in [-0.39, 0.29) is 22.0 Å². The Balaban J connectivity index is 1.63. The molecule has 0 unspecified atom stereocenters. The summed E-state index contributed by atoms with van der Waals surface area (Å²) < 4.78 is 27.0. The van der Waals surface area contributed by atoms with E-state index in [9.17, 15) is 13.2 Å². The summed E-state index contributed by atoms with van der Waals surface area (Å²) in [6.07, 6.45) is 2.89. The number of aromatic nitrogens is 2. The van der Waals surface area contributed by atoms with Crippen molar-refractivity contribution in [2.45, 2.75) is 22.0 Å². The van der Waals surface area contributed by atoms with Gasteiger partial charge in [-0.3, -0.25) is 4.79 Å². The van der Waals surface area contributed by atoms with Crippen molar-refractivity contribution in [1.29, 1.82) is 0 Å². The molecular weight excluding hydrogens is 396 g/mol. The molecule has 1 heterocycles. The van der Waals surface area contributed by atoms with Gasteiger partial charge in [0, 0.05) is 23.0 Å². The molecule has 0 saturated carbocycles. The number of carbonyl (C=O) groups excluding carboxylic acids is 1. The molecule has 0 aliphatic carbocycles. The van der Waals surface area contributed by atoms with Crippen LogP contribution in [0.25, 0.3) is 0 Å². The number of hydrogen-bond donors (Lipinski definition) is 2. The lowest BCUT2D eigenvalue weighted by atomic mass is 10.3.